The topological polar surface area (TPSA) is 49.4 Å². The largest absolute Gasteiger partial charge is 0.352 e. The van der Waals surface area contributed by atoms with Gasteiger partial charge in [0.1, 0.15) is 6.04 Å². The van der Waals surface area contributed by atoms with E-state index in [0.29, 0.717) is 12.3 Å². The second kappa shape index (κ2) is 11.2. The fourth-order valence-corrected chi connectivity index (χ4v) is 4.75. The molecule has 1 N–H and O–H groups in total. The van der Waals surface area contributed by atoms with Crippen molar-refractivity contribution < 1.29 is 9.59 Å². The number of aryl methyl sites for hydroxylation is 1. The highest BCUT2D eigenvalue weighted by Gasteiger charge is 2.28. The van der Waals surface area contributed by atoms with Crippen molar-refractivity contribution in [1.29, 1.82) is 0 Å². The van der Waals surface area contributed by atoms with Crippen molar-refractivity contribution in [3.05, 3.63) is 71.3 Å². The number of benzene rings is 2. The number of thioether (sulfide) groups is 1. The summed E-state index contributed by atoms with van der Waals surface area (Å²) in [7, 11) is 0. The van der Waals surface area contributed by atoms with Crippen molar-refractivity contribution in [2.75, 3.05) is 5.75 Å². The summed E-state index contributed by atoms with van der Waals surface area (Å²) < 4.78 is 0. The third-order valence-electron chi connectivity index (χ3n) is 5.64. The van der Waals surface area contributed by atoms with E-state index in [4.69, 9.17) is 0 Å². The van der Waals surface area contributed by atoms with Crippen LogP contribution in [0.25, 0.3) is 0 Å². The van der Waals surface area contributed by atoms with E-state index >= 15 is 0 Å². The first-order chi connectivity index (χ1) is 14.5. The third kappa shape index (κ3) is 6.63. The Morgan fingerprint density at radius 2 is 1.77 bits per heavy atom. The van der Waals surface area contributed by atoms with Gasteiger partial charge in [0.15, 0.2) is 0 Å². The van der Waals surface area contributed by atoms with E-state index in [1.165, 1.54) is 24.0 Å². The number of hydrogen-bond acceptors (Lipinski definition) is 3. The van der Waals surface area contributed by atoms with Crippen LogP contribution in [0, 0.1) is 6.92 Å². The normalized spacial score (nSPS) is 15.0. The lowest BCUT2D eigenvalue weighted by Gasteiger charge is -2.29. The molecule has 160 valence electrons. The Hall–Kier alpha value is -2.27. The number of carbonyl (C=O) groups is 2. The van der Waals surface area contributed by atoms with E-state index < -0.39 is 6.04 Å². The monoisotopic (exact) mass is 424 g/mol. The minimum absolute atomic E-state index is 0.00516. The van der Waals surface area contributed by atoms with Crippen molar-refractivity contribution in [1.82, 2.24) is 10.2 Å². The molecule has 1 aliphatic carbocycles. The first-order valence-corrected chi connectivity index (χ1v) is 12.0. The van der Waals surface area contributed by atoms with Crippen molar-refractivity contribution in [3.8, 4) is 0 Å². The number of hydrogen-bond donors (Lipinski definition) is 1. The Kier molecular flexibility index (Phi) is 8.38. The lowest BCUT2D eigenvalue weighted by Crippen LogP contribution is -2.50. The molecule has 30 heavy (non-hydrogen) atoms. The molecular formula is C25H32N2O2S. The first kappa shape index (κ1) is 22.4. The molecule has 1 saturated carbocycles. The lowest BCUT2D eigenvalue weighted by atomic mass is 10.1. The Bertz CT molecular complexity index is 834. The standard InChI is InChI=1S/C25H32N2O2S/c1-19-9-8-12-22(15-19)17-30-18-24(28)27(16-21-10-4-3-5-11-21)20(2)25(29)26-23-13-6-7-14-23/h3-5,8-12,15,20,23H,6-7,13-14,16-18H2,1-2H3,(H,26,29)/t20-/m1/s1. The summed E-state index contributed by atoms with van der Waals surface area (Å²) in [6.07, 6.45) is 4.41. The SMILES string of the molecule is Cc1cccc(CSCC(=O)N(Cc2ccccc2)[C@H](C)C(=O)NC2CCCC2)c1. The molecule has 4 nitrogen and oxygen atoms in total. The number of amides is 2. The molecule has 1 fully saturated rings. The zero-order valence-electron chi connectivity index (χ0n) is 18.0. The minimum Gasteiger partial charge on any atom is -0.352 e. The maximum absolute atomic E-state index is 13.1. The zero-order valence-corrected chi connectivity index (χ0v) is 18.8. The molecule has 0 aromatic heterocycles. The lowest BCUT2D eigenvalue weighted by molar-refractivity contribution is -0.138. The van der Waals surface area contributed by atoms with Gasteiger partial charge in [-0.25, -0.2) is 0 Å². The second-order valence-electron chi connectivity index (χ2n) is 8.16. The molecule has 2 aromatic carbocycles. The van der Waals surface area contributed by atoms with E-state index in [1.54, 1.807) is 16.7 Å². The highest BCUT2D eigenvalue weighted by Crippen LogP contribution is 2.19. The number of carbonyl (C=O) groups excluding carboxylic acids is 2. The molecule has 2 aromatic rings. The molecule has 0 heterocycles. The summed E-state index contributed by atoms with van der Waals surface area (Å²) in [6.45, 7) is 4.37. The van der Waals surface area contributed by atoms with Gasteiger partial charge in [-0.15, -0.1) is 11.8 Å². The van der Waals surface area contributed by atoms with Crippen molar-refractivity contribution >= 4 is 23.6 Å². The van der Waals surface area contributed by atoms with Gasteiger partial charge in [-0.3, -0.25) is 9.59 Å². The van der Waals surface area contributed by atoms with E-state index in [2.05, 4.69) is 30.4 Å². The highest BCUT2D eigenvalue weighted by molar-refractivity contribution is 7.99. The number of nitrogens with zero attached hydrogens (tertiary/aromatic N) is 1. The Morgan fingerprint density at radius 1 is 1.07 bits per heavy atom. The molecule has 0 spiro atoms. The van der Waals surface area contributed by atoms with Gasteiger partial charge in [0.05, 0.1) is 5.75 Å². The summed E-state index contributed by atoms with van der Waals surface area (Å²) in [5, 5.41) is 3.15. The van der Waals surface area contributed by atoms with Crippen LogP contribution in [0.1, 0.15) is 49.3 Å². The predicted octanol–water partition coefficient (Wildman–Crippen LogP) is 4.70. The summed E-state index contributed by atoms with van der Waals surface area (Å²) in [4.78, 5) is 27.7. The van der Waals surface area contributed by atoms with E-state index in [-0.39, 0.29) is 17.9 Å². The van der Waals surface area contributed by atoms with Gasteiger partial charge in [0, 0.05) is 18.3 Å². The smallest absolute Gasteiger partial charge is 0.242 e. The maximum Gasteiger partial charge on any atom is 0.242 e. The van der Waals surface area contributed by atoms with Crippen LogP contribution >= 0.6 is 11.8 Å². The summed E-state index contributed by atoms with van der Waals surface area (Å²) in [6, 6.07) is 18.0. The first-order valence-electron chi connectivity index (χ1n) is 10.8. The molecule has 0 radical (unpaired) electrons. The molecule has 0 unspecified atom stereocenters. The van der Waals surface area contributed by atoms with Crippen molar-refractivity contribution in [2.45, 2.75) is 63.9 Å². The molecule has 1 atom stereocenters. The molecule has 0 saturated heterocycles. The van der Waals surface area contributed by atoms with Gasteiger partial charge in [-0.05, 0) is 37.8 Å². The van der Waals surface area contributed by atoms with Gasteiger partial charge in [0.2, 0.25) is 11.8 Å². The van der Waals surface area contributed by atoms with E-state index in [9.17, 15) is 9.59 Å². The van der Waals surface area contributed by atoms with Gasteiger partial charge in [0.25, 0.3) is 0 Å². The average molecular weight is 425 g/mol. The van der Waals surface area contributed by atoms with Crippen molar-refractivity contribution in [3.63, 3.8) is 0 Å². The Labute approximate surface area is 184 Å². The van der Waals surface area contributed by atoms with Crippen LogP contribution in [-0.2, 0) is 21.9 Å². The van der Waals surface area contributed by atoms with Gasteiger partial charge < -0.3 is 10.2 Å². The molecule has 3 rings (SSSR count). The molecule has 0 aliphatic heterocycles. The zero-order chi connectivity index (χ0) is 21.3. The van der Waals surface area contributed by atoms with Crippen LogP contribution in [0.5, 0.6) is 0 Å². The van der Waals surface area contributed by atoms with Crippen molar-refractivity contribution in [2.24, 2.45) is 0 Å². The highest BCUT2D eigenvalue weighted by atomic mass is 32.2. The van der Waals surface area contributed by atoms with Gasteiger partial charge in [-0.1, -0.05) is 73.0 Å². The Balaban J connectivity index is 1.63. The number of rotatable bonds is 9. The van der Waals surface area contributed by atoms with E-state index in [1.807, 2.05) is 43.3 Å². The summed E-state index contributed by atoms with van der Waals surface area (Å²) >= 11 is 1.60. The molecule has 0 bridgehead atoms. The van der Waals surface area contributed by atoms with Crippen LogP contribution in [-0.4, -0.2) is 34.6 Å². The summed E-state index contributed by atoms with van der Waals surface area (Å²) in [5.41, 5.74) is 3.48. The number of nitrogens with one attached hydrogen (secondary N) is 1. The fourth-order valence-electron chi connectivity index (χ4n) is 3.90. The second-order valence-corrected chi connectivity index (χ2v) is 9.14. The molecular weight excluding hydrogens is 392 g/mol. The minimum atomic E-state index is -0.488. The molecule has 5 heteroatoms. The van der Waals surface area contributed by atoms with Crippen LogP contribution in [0.2, 0.25) is 0 Å². The average Bonchev–Trinajstić information content (AvgIpc) is 3.25. The third-order valence-corrected chi connectivity index (χ3v) is 6.63. The summed E-state index contributed by atoms with van der Waals surface area (Å²) in [5.74, 6) is 1.11. The quantitative estimate of drug-likeness (QED) is 0.634. The fraction of sp³-hybridized carbons (Fsp3) is 0.440. The van der Waals surface area contributed by atoms with Crippen LogP contribution in [0.4, 0.5) is 0 Å². The maximum atomic E-state index is 13.1. The van der Waals surface area contributed by atoms with Gasteiger partial charge in [-0.2, -0.15) is 0 Å². The van der Waals surface area contributed by atoms with Crippen LogP contribution in [0.3, 0.4) is 0 Å². The Morgan fingerprint density at radius 3 is 2.47 bits per heavy atom. The van der Waals surface area contributed by atoms with Crippen LogP contribution < -0.4 is 5.32 Å². The van der Waals surface area contributed by atoms with E-state index in [0.717, 1.165) is 24.2 Å². The van der Waals surface area contributed by atoms with Gasteiger partial charge >= 0.3 is 0 Å². The van der Waals surface area contributed by atoms with Crippen LogP contribution in [0.15, 0.2) is 54.6 Å². The predicted molar refractivity (Wildman–Crippen MR) is 124 cm³/mol. The molecule has 2 amide bonds. The molecule has 1 aliphatic rings.